The zero-order valence-electron chi connectivity index (χ0n) is 21.5. The Bertz CT molecular complexity index is 1300. The van der Waals surface area contributed by atoms with Crippen LogP contribution >= 0.6 is 11.6 Å². The largest absolute Gasteiger partial charge is 0.486 e. The highest BCUT2D eigenvalue weighted by atomic mass is 35.5. The molecule has 1 saturated carbocycles. The summed E-state index contributed by atoms with van der Waals surface area (Å²) in [6.45, 7) is 2.51. The molecule has 6 nitrogen and oxygen atoms in total. The number of halogens is 1. The molecule has 0 spiro atoms. The van der Waals surface area contributed by atoms with Gasteiger partial charge in [0.15, 0.2) is 0 Å². The number of para-hydroxylation sites is 1. The van der Waals surface area contributed by atoms with E-state index in [2.05, 4.69) is 36.5 Å². The Morgan fingerprint density at radius 3 is 2.39 bits per heavy atom. The number of nitrogens with zero attached hydrogens (tertiary/aromatic N) is 1. The molecule has 0 radical (unpaired) electrons. The van der Waals surface area contributed by atoms with E-state index < -0.39 is 5.97 Å². The predicted octanol–water partition coefficient (Wildman–Crippen LogP) is 7.97. The van der Waals surface area contributed by atoms with Gasteiger partial charge in [-0.3, -0.25) is 9.69 Å². The van der Waals surface area contributed by atoms with E-state index >= 15 is 0 Å². The van der Waals surface area contributed by atoms with Crippen molar-refractivity contribution in [3.8, 4) is 16.9 Å². The number of carbonyl (C=O) groups is 2. The number of rotatable bonds is 6. The third-order valence-corrected chi connectivity index (χ3v) is 8.10. The summed E-state index contributed by atoms with van der Waals surface area (Å²) in [7, 11) is 0. The second-order valence-corrected chi connectivity index (χ2v) is 10.7. The number of carboxylic acid groups (broad SMARTS) is 1. The van der Waals surface area contributed by atoms with Crippen LogP contribution in [0.15, 0.2) is 66.7 Å². The number of hydrogen-bond acceptors (Lipinski definition) is 3. The van der Waals surface area contributed by atoms with Gasteiger partial charge in [-0.1, -0.05) is 61.0 Å². The lowest BCUT2D eigenvalue weighted by atomic mass is 9.77. The second kappa shape index (κ2) is 11.5. The maximum absolute atomic E-state index is 13.2. The van der Waals surface area contributed by atoms with Crippen LogP contribution in [0, 0.1) is 5.92 Å². The van der Waals surface area contributed by atoms with Gasteiger partial charge in [-0.05, 0) is 84.9 Å². The van der Waals surface area contributed by atoms with Crippen molar-refractivity contribution in [2.45, 2.75) is 57.5 Å². The summed E-state index contributed by atoms with van der Waals surface area (Å²) in [5.41, 5.74) is 4.74. The Kier molecular flexibility index (Phi) is 7.89. The van der Waals surface area contributed by atoms with Crippen LogP contribution in [0.25, 0.3) is 11.1 Å². The highest BCUT2D eigenvalue weighted by molar-refractivity contribution is 6.33. The summed E-state index contributed by atoms with van der Waals surface area (Å²) in [6, 6.07) is 21.6. The molecule has 2 amide bonds. The van der Waals surface area contributed by atoms with E-state index in [1.165, 1.54) is 5.56 Å². The molecular weight excluding hydrogens is 500 g/mol. The number of anilines is 2. The molecule has 198 valence electrons. The molecule has 38 heavy (non-hydrogen) atoms. The summed E-state index contributed by atoms with van der Waals surface area (Å²) in [6.07, 6.45) is 4.98. The van der Waals surface area contributed by atoms with Crippen molar-refractivity contribution in [2.75, 3.05) is 16.8 Å². The summed E-state index contributed by atoms with van der Waals surface area (Å²) in [5, 5.41) is 12.5. The van der Waals surface area contributed by atoms with Crippen molar-refractivity contribution in [3.63, 3.8) is 0 Å². The standard InChI is InChI=1S/C31H33ClN2O4/c1-2-25-19-34(31(37)33-27-6-4-3-5-26(27)32)28-16-15-24(18-29(28)38-25)23-13-11-22(12-14-23)21-9-7-20(8-10-21)17-30(35)36/h3-6,11-16,18,20-21,25H,2,7-10,17,19H2,1H3,(H,33,37)(H,35,36)/t20-,21-,25?. The number of carboxylic acids is 1. The first-order valence-electron chi connectivity index (χ1n) is 13.4. The van der Waals surface area contributed by atoms with Crippen molar-refractivity contribution in [1.82, 2.24) is 0 Å². The number of hydrogen-bond donors (Lipinski definition) is 2. The van der Waals surface area contributed by atoms with E-state index in [0.717, 1.165) is 48.9 Å². The molecule has 1 unspecified atom stereocenters. The number of carbonyl (C=O) groups excluding carboxylic acids is 1. The predicted molar refractivity (Wildman–Crippen MR) is 151 cm³/mol. The van der Waals surface area contributed by atoms with Crippen LogP contribution in [0.2, 0.25) is 5.02 Å². The lowest BCUT2D eigenvalue weighted by Crippen LogP contribution is -2.45. The highest BCUT2D eigenvalue weighted by Gasteiger charge is 2.30. The maximum Gasteiger partial charge on any atom is 0.326 e. The average Bonchev–Trinajstić information content (AvgIpc) is 2.93. The number of aliphatic carboxylic acids is 1. The normalized spacial score (nSPS) is 20.8. The Hall–Kier alpha value is -3.51. The lowest BCUT2D eigenvalue weighted by Gasteiger charge is -2.35. The van der Waals surface area contributed by atoms with Crippen LogP contribution in [-0.2, 0) is 4.79 Å². The first-order valence-corrected chi connectivity index (χ1v) is 13.7. The number of fused-ring (bicyclic) bond motifs is 1. The van der Waals surface area contributed by atoms with Gasteiger partial charge >= 0.3 is 12.0 Å². The zero-order chi connectivity index (χ0) is 26.6. The Balaban J connectivity index is 1.32. The van der Waals surface area contributed by atoms with Gasteiger partial charge in [0.25, 0.3) is 0 Å². The van der Waals surface area contributed by atoms with Gasteiger partial charge in [0.2, 0.25) is 0 Å². The fraction of sp³-hybridized carbons (Fsp3) is 0.355. The smallest absolute Gasteiger partial charge is 0.326 e. The molecule has 1 aliphatic carbocycles. The van der Waals surface area contributed by atoms with E-state index in [1.807, 2.05) is 30.3 Å². The van der Waals surface area contributed by atoms with E-state index in [0.29, 0.717) is 34.8 Å². The van der Waals surface area contributed by atoms with Gasteiger partial charge in [-0.25, -0.2) is 4.79 Å². The van der Waals surface area contributed by atoms with E-state index in [4.69, 9.17) is 21.4 Å². The molecule has 1 aliphatic heterocycles. The fourth-order valence-corrected chi connectivity index (χ4v) is 5.76. The Morgan fingerprint density at radius 2 is 1.71 bits per heavy atom. The monoisotopic (exact) mass is 532 g/mol. The van der Waals surface area contributed by atoms with Crippen molar-refractivity contribution < 1.29 is 19.4 Å². The zero-order valence-corrected chi connectivity index (χ0v) is 22.3. The molecule has 3 aromatic carbocycles. The summed E-state index contributed by atoms with van der Waals surface area (Å²) >= 11 is 6.26. The van der Waals surface area contributed by atoms with E-state index in [9.17, 15) is 9.59 Å². The molecule has 5 rings (SSSR count). The van der Waals surface area contributed by atoms with Gasteiger partial charge in [0, 0.05) is 6.42 Å². The first-order chi connectivity index (χ1) is 18.4. The molecule has 0 bridgehead atoms. The molecule has 1 fully saturated rings. The van der Waals surface area contributed by atoms with Crippen LogP contribution in [0.5, 0.6) is 5.75 Å². The van der Waals surface area contributed by atoms with Crippen LogP contribution < -0.4 is 15.0 Å². The van der Waals surface area contributed by atoms with Gasteiger partial charge < -0.3 is 15.2 Å². The van der Waals surface area contributed by atoms with Gasteiger partial charge in [0.1, 0.15) is 11.9 Å². The molecule has 2 aliphatic rings. The first kappa shape index (κ1) is 26.1. The molecular formula is C31H33ClN2O4. The molecule has 7 heteroatoms. The molecule has 1 atom stereocenters. The molecule has 0 saturated heterocycles. The minimum Gasteiger partial charge on any atom is -0.486 e. The Labute approximate surface area is 228 Å². The van der Waals surface area contributed by atoms with Crippen molar-refractivity contribution in [2.24, 2.45) is 5.92 Å². The SMILES string of the molecule is CCC1CN(C(=O)Nc2ccccc2Cl)c2ccc(-c3ccc([C@H]4CC[C@H](CC(=O)O)CC4)cc3)cc2O1. The second-order valence-electron chi connectivity index (χ2n) is 10.3. The molecule has 0 aromatic heterocycles. The summed E-state index contributed by atoms with van der Waals surface area (Å²) < 4.78 is 6.26. The van der Waals surface area contributed by atoms with Crippen LogP contribution in [0.4, 0.5) is 16.2 Å². The van der Waals surface area contributed by atoms with Crippen LogP contribution in [-0.4, -0.2) is 29.8 Å². The van der Waals surface area contributed by atoms with Gasteiger partial charge in [-0.15, -0.1) is 0 Å². The number of nitrogens with one attached hydrogen (secondary N) is 1. The summed E-state index contributed by atoms with van der Waals surface area (Å²) in [5.74, 6) is 0.783. The quantitative estimate of drug-likeness (QED) is 0.337. The average molecular weight is 533 g/mol. The van der Waals surface area contributed by atoms with Crippen molar-refractivity contribution >= 4 is 35.0 Å². The van der Waals surface area contributed by atoms with Crippen LogP contribution in [0.3, 0.4) is 0 Å². The molecule has 2 N–H and O–H groups in total. The fourth-order valence-electron chi connectivity index (χ4n) is 5.57. The molecule has 1 heterocycles. The third kappa shape index (κ3) is 5.81. The van der Waals surface area contributed by atoms with Gasteiger partial charge in [0.05, 0.1) is 22.9 Å². The maximum atomic E-state index is 13.2. The lowest BCUT2D eigenvalue weighted by molar-refractivity contribution is -0.138. The third-order valence-electron chi connectivity index (χ3n) is 7.77. The van der Waals surface area contributed by atoms with Gasteiger partial charge in [-0.2, -0.15) is 0 Å². The number of ether oxygens (including phenoxy) is 1. The van der Waals surface area contributed by atoms with E-state index in [-0.39, 0.29) is 18.6 Å². The minimum absolute atomic E-state index is 0.103. The minimum atomic E-state index is -0.693. The molecule has 3 aromatic rings. The van der Waals surface area contributed by atoms with E-state index in [1.54, 1.807) is 17.0 Å². The van der Waals surface area contributed by atoms with Crippen molar-refractivity contribution in [1.29, 1.82) is 0 Å². The number of benzene rings is 3. The highest BCUT2D eigenvalue weighted by Crippen LogP contribution is 2.40. The topological polar surface area (TPSA) is 78.9 Å². The van der Waals surface area contributed by atoms with Crippen molar-refractivity contribution in [3.05, 3.63) is 77.3 Å². The number of urea groups is 1. The Morgan fingerprint density at radius 1 is 1.00 bits per heavy atom. The number of amides is 2. The van der Waals surface area contributed by atoms with Crippen LogP contribution in [0.1, 0.15) is 56.9 Å². The summed E-state index contributed by atoms with van der Waals surface area (Å²) in [4.78, 5) is 26.0.